The van der Waals surface area contributed by atoms with Gasteiger partial charge in [-0.1, -0.05) is 26.0 Å². The van der Waals surface area contributed by atoms with Gasteiger partial charge in [-0.05, 0) is 17.7 Å². The van der Waals surface area contributed by atoms with Gasteiger partial charge in [0.25, 0.3) is 0 Å². The molecule has 0 unspecified atom stereocenters. The first-order valence-electron chi connectivity index (χ1n) is 4.00. The second kappa shape index (κ2) is 4.05. The van der Waals surface area contributed by atoms with E-state index in [1.807, 2.05) is 17.8 Å². The summed E-state index contributed by atoms with van der Waals surface area (Å²) in [6.45, 7) is 4.43. The van der Waals surface area contributed by atoms with Crippen LogP contribution >= 0.6 is 11.8 Å². The average molecular weight is 164 g/mol. The van der Waals surface area contributed by atoms with Gasteiger partial charge >= 0.3 is 0 Å². The molecule has 1 rings (SSSR count). The molecule has 0 aliphatic heterocycles. The van der Waals surface area contributed by atoms with Crippen LogP contribution < -0.4 is 0 Å². The van der Waals surface area contributed by atoms with Gasteiger partial charge in [-0.15, -0.1) is 17.2 Å². The predicted molar refractivity (Wildman–Crippen MR) is 53.9 cm³/mol. The summed E-state index contributed by atoms with van der Waals surface area (Å²) in [5.41, 5.74) is 1.01. The van der Waals surface area contributed by atoms with Crippen molar-refractivity contribution < 1.29 is 0 Å². The maximum absolute atomic E-state index is 5.64. The maximum atomic E-state index is 5.64. The Morgan fingerprint density at radius 3 is 2.55 bits per heavy atom. The Kier molecular flexibility index (Phi) is 3.31. The highest BCUT2D eigenvalue weighted by atomic mass is 32.2. The summed E-state index contributed by atoms with van der Waals surface area (Å²) in [5, 5.41) is 0.689. The van der Waals surface area contributed by atoms with Crippen molar-refractivity contribution in [2.45, 2.75) is 31.9 Å². The number of rotatable bonds is 2. The highest BCUT2D eigenvalue weighted by Gasteiger charge is 2.04. The molecule has 0 aromatic heterocycles. The number of allylic oxidation sites excluding steroid dienone is 4. The minimum Gasteiger partial charge on any atom is -0.128 e. The summed E-state index contributed by atoms with van der Waals surface area (Å²) < 4.78 is 0. The molecular weight excluding hydrogens is 151 g/mol. The van der Waals surface area contributed by atoms with Crippen LogP contribution in [0.1, 0.15) is 26.7 Å². The van der Waals surface area contributed by atoms with Gasteiger partial charge in [0, 0.05) is 5.25 Å². The average Bonchev–Trinajstić information content (AvgIpc) is 1.93. The molecule has 58 valence electrons. The monoisotopic (exact) mass is 164 g/mol. The van der Waals surface area contributed by atoms with E-state index >= 15 is 0 Å². The molecule has 2 radical (unpaired) electrons. The van der Waals surface area contributed by atoms with Crippen LogP contribution in [0.3, 0.4) is 0 Å². The van der Waals surface area contributed by atoms with E-state index in [1.165, 1.54) is 4.91 Å². The summed E-state index contributed by atoms with van der Waals surface area (Å²) in [5.74, 6) is 0. The van der Waals surface area contributed by atoms with Crippen molar-refractivity contribution in [2.75, 3.05) is 0 Å². The molecule has 0 aromatic carbocycles. The lowest BCUT2D eigenvalue weighted by atomic mass is 9.88. The summed E-state index contributed by atoms with van der Waals surface area (Å²) >= 11 is 1.94. The van der Waals surface area contributed by atoms with E-state index in [1.54, 1.807) is 0 Å². The van der Waals surface area contributed by atoms with Crippen molar-refractivity contribution in [3.8, 4) is 0 Å². The summed E-state index contributed by atoms with van der Waals surface area (Å²) in [4.78, 5) is 1.47. The van der Waals surface area contributed by atoms with Crippen LogP contribution in [0.25, 0.3) is 0 Å². The van der Waals surface area contributed by atoms with Crippen LogP contribution in [0.2, 0.25) is 0 Å². The lowest BCUT2D eigenvalue weighted by Gasteiger charge is -2.13. The molecule has 0 saturated carbocycles. The molecule has 0 nitrogen and oxygen atoms in total. The molecule has 11 heavy (non-hydrogen) atoms. The van der Waals surface area contributed by atoms with Crippen molar-refractivity contribution >= 4 is 19.6 Å². The molecule has 1 aliphatic carbocycles. The van der Waals surface area contributed by atoms with E-state index in [0.717, 1.165) is 18.3 Å². The Morgan fingerprint density at radius 2 is 2.09 bits per heavy atom. The van der Waals surface area contributed by atoms with Gasteiger partial charge < -0.3 is 0 Å². The fourth-order valence-electron chi connectivity index (χ4n) is 1.04. The molecule has 0 saturated heterocycles. The third-order valence-electron chi connectivity index (χ3n) is 1.53. The first-order chi connectivity index (χ1) is 5.18. The van der Waals surface area contributed by atoms with E-state index < -0.39 is 0 Å². The van der Waals surface area contributed by atoms with Gasteiger partial charge in [0.2, 0.25) is 0 Å². The van der Waals surface area contributed by atoms with Gasteiger partial charge in [-0.3, -0.25) is 0 Å². The number of hydrogen-bond donors (Lipinski definition) is 0. The molecule has 0 spiro atoms. The minimum atomic E-state index is 0.689. The molecule has 1 aliphatic rings. The fourth-order valence-corrected chi connectivity index (χ4v) is 2.01. The minimum absolute atomic E-state index is 0.689. The predicted octanol–water partition coefficient (Wildman–Crippen LogP) is 2.86. The van der Waals surface area contributed by atoms with Crippen molar-refractivity contribution in [1.29, 1.82) is 0 Å². The third-order valence-corrected chi connectivity index (χ3v) is 2.64. The summed E-state index contributed by atoms with van der Waals surface area (Å²) in [6, 6.07) is 0. The van der Waals surface area contributed by atoms with Gasteiger partial charge in [0.1, 0.15) is 7.85 Å². The van der Waals surface area contributed by atoms with Gasteiger partial charge in [0.15, 0.2) is 0 Å². The van der Waals surface area contributed by atoms with Gasteiger partial charge in [0.05, 0.1) is 0 Å². The standard InChI is InChI=1S/C9H13BS/c1-7(2)11-9-5-3-8(10)4-6-9/h3,5,7H,4,6H2,1-2H3. The van der Waals surface area contributed by atoms with Crippen LogP contribution in [0.15, 0.2) is 22.5 Å². The summed E-state index contributed by atoms with van der Waals surface area (Å²) in [6.07, 6.45) is 6.33. The number of hydrogen-bond acceptors (Lipinski definition) is 1. The zero-order chi connectivity index (χ0) is 8.27. The Balaban J connectivity index is 2.48. The second-order valence-corrected chi connectivity index (χ2v) is 4.74. The van der Waals surface area contributed by atoms with Crippen LogP contribution in [0.4, 0.5) is 0 Å². The number of thioether (sulfide) groups is 1. The highest BCUT2D eigenvalue weighted by Crippen LogP contribution is 2.29. The van der Waals surface area contributed by atoms with E-state index in [4.69, 9.17) is 7.85 Å². The maximum Gasteiger partial charge on any atom is 0.107 e. The van der Waals surface area contributed by atoms with E-state index in [2.05, 4.69) is 19.9 Å². The first kappa shape index (κ1) is 8.99. The van der Waals surface area contributed by atoms with Crippen molar-refractivity contribution in [1.82, 2.24) is 0 Å². The Morgan fingerprint density at radius 1 is 1.36 bits per heavy atom. The SMILES string of the molecule is [B]C1=CC=C(SC(C)C)CC1. The van der Waals surface area contributed by atoms with Gasteiger partial charge in [-0.25, -0.2) is 0 Å². The highest BCUT2D eigenvalue weighted by molar-refractivity contribution is 8.03. The molecule has 0 fully saturated rings. The second-order valence-electron chi connectivity index (χ2n) is 3.04. The molecular formula is C9H13BS. The quantitative estimate of drug-likeness (QED) is 0.565. The van der Waals surface area contributed by atoms with Crippen molar-refractivity contribution in [3.05, 3.63) is 22.5 Å². The van der Waals surface area contributed by atoms with E-state index in [9.17, 15) is 0 Å². The zero-order valence-electron chi connectivity index (χ0n) is 7.13. The molecule has 0 atom stereocenters. The topological polar surface area (TPSA) is 0 Å². The Bertz CT molecular complexity index is 192. The smallest absolute Gasteiger partial charge is 0.107 e. The third kappa shape index (κ3) is 3.19. The Hall–Kier alpha value is -0.105. The molecule has 0 aromatic rings. The normalized spacial score (nSPS) is 18.1. The molecule has 2 heteroatoms. The zero-order valence-corrected chi connectivity index (χ0v) is 7.95. The fraction of sp³-hybridized carbons (Fsp3) is 0.556. The van der Waals surface area contributed by atoms with E-state index in [-0.39, 0.29) is 0 Å². The van der Waals surface area contributed by atoms with Crippen LogP contribution in [0, 0.1) is 0 Å². The van der Waals surface area contributed by atoms with Crippen molar-refractivity contribution in [2.24, 2.45) is 0 Å². The molecule has 0 N–H and O–H groups in total. The molecule has 0 amide bonds. The lowest BCUT2D eigenvalue weighted by Crippen LogP contribution is -1.94. The first-order valence-corrected chi connectivity index (χ1v) is 4.88. The van der Waals surface area contributed by atoms with Crippen LogP contribution in [0.5, 0.6) is 0 Å². The summed E-state index contributed by atoms with van der Waals surface area (Å²) in [7, 11) is 5.64. The van der Waals surface area contributed by atoms with Crippen molar-refractivity contribution in [3.63, 3.8) is 0 Å². The van der Waals surface area contributed by atoms with E-state index in [0.29, 0.717) is 5.25 Å². The van der Waals surface area contributed by atoms with Crippen LogP contribution in [-0.2, 0) is 0 Å². The van der Waals surface area contributed by atoms with Crippen LogP contribution in [-0.4, -0.2) is 13.1 Å². The Labute approximate surface area is 74.5 Å². The van der Waals surface area contributed by atoms with Gasteiger partial charge in [-0.2, -0.15) is 0 Å². The largest absolute Gasteiger partial charge is 0.128 e. The lowest BCUT2D eigenvalue weighted by molar-refractivity contribution is 0.995. The molecule has 0 bridgehead atoms. The molecule has 0 heterocycles.